The molecule has 7 heteroatoms. The van der Waals surface area contributed by atoms with Gasteiger partial charge in [0.05, 0.1) is 18.1 Å². The molecule has 7 nitrogen and oxygen atoms in total. The second kappa shape index (κ2) is 7.09. The fourth-order valence-corrected chi connectivity index (χ4v) is 2.78. The Morgan fingerprint density at radius 1 is 1.38 bits per heavy atom. The van der Waals surface area contributed by atoms with Gasteiger partial charge >= 0.3 is 6.09 Å². The maximum absolute atomic E-state index is 11.8. The van der Waals surface area contributed by atoms with Crippen molar-refractivity contribution in [2.45, 2.75) is 57.6 Å². The van der Waals surface area contributed by atoms with Crippen molar-refractivity contribution in [3.8, 4) is 0 Å². The molecule has 2 heterocycles. The Hall–Kier alpha value is -1.34. The molecule has 2 N–H and O–H groups in total. The quantitative estimate of drug-likeness (QED) is 0.733. The van der Waals surface area contributed by atoms with Crippen LogP contribution in [0.15, 0.2) is 0 Å². The minimum atomic E-state index is -0.508. The van der Waals surface area contributed by atoms with E-state index in [1.807, 2.05) is 6.92 Å². The van der Waals surface area contributed by atoms with Crippen LogP contribution < -0.4 is 10.6 Å². The van der Waals surface area contributed by atoms with Gasteiger partial charge in [-0.1, -0.05) is 0 Å². The summed E-state index contributed by atoms with van der Waals surface area (Å²) in [6, 6.07) is -0.228. The maximum Gasteiger partial charge on any atom is 0.407 e. The van der Waals surface area contributed by atoms with E-state index in [1.165, 1.54) is 7.05 Å². The van der Waals surface area contributed by atoms with Gasteiger partial charge in [0.25, 0.3) is 0 Å². The number of nitrogens with one attached hydrogen (secondary N) is 2. The van der Waals surface area contributed by atoms with E-state index in [2.05, 4.69) is 10.6 Å². The highest BCUT2D eigenvalue weighted by molar-refractivity contribution is 5.86. The molecule has 0 radical (unpaired) electrons. The van der Waals surface area contributed by atoms with E-state index in [9.17, 15) is 9.59 Å². The SMILES string of the molecule is CNC(=O)O[C@@H](C)[C@H]1NC(=O)[C@@H]1[C@@H](C)OC1CCCCO1. The van der Waals surface area contributed by atoms with Crippen molar-refractivity contribution < 1.29 is 23.8 Å². The molecule has 2 amide bonds. The number of carbonyl (C=O) groups excluding carboxylic acids is 2. The zero-order chi connectivity index (χ0) is 15.4. The van der Waals surface area contributed by atoms with Gasteiger partial charge in [-0.15, -0.1) is 0 Å². The van der Waals surface area contributed by atoms with Gasteiger partial charge in [0.15, 0.2) is 6.29 Å². The first kappa shape index (κ1) is 16.0. The van der Waals surface area contributed by atoms with Gasteiger partial charge in [-0.05, 0) is 33.1 Å². The molecule has 0 aliphatic carbocycles. The molecule has 2 aliphatic rings. The van der Waals surface area contributed by atoms with Gasteiger partial charge in [-0.3, -0.25) is 4.79 Å². The molecule has 0 saturated carbocycles. The van der Waals surface area contributed by atoms with Crippen molar-refractivity contribution >= 4 is 12.0 Å². The van der Waals surface area contributed by atoms with Crippen molar-refractivity contribution in [3.05, 3.63) is 0 Å². The molecule has 2 fully saturated rings. The van der Waals surface area contributed by atoms with Gasteiger partial charge in [0.2, 0.25) is 5.91 Å². The summed E-state index contributed by atoms with van der Waals surface area (Å²) < 4.78 is 16.5. The average molecular weight is 300 g/mol. The predicted molar refractivity (Wildman–Crippen MR) is 74.6 cm³/mol. The number of hydrogen-bond acceptors (Lipinski definition) is 5. The van der Waals surface area contributed by atoms with Crippen LogP contribution in [-0.2, 0) is 19.0 Å². The summed E-state index contributed by atoms with van der Waals surface area (Å²) in [5, 5.41) is 5.17. The van der Waals surface area contributed by atoms with Crippen LogP contribution >= 0.6 is 0 Å². The first-order valence-electron chi connectivity index (χ1n) is 7.48. The van der Waals surface area contributed by atoms with Crippen molar-refractivity contribution in [1.29, 1.82) is 0 Å². The molecule has 0 spiro atoms. The normalized spacial score (nSPS) is 31.6. The number of β-lactam (4-membered cyclic amide) rings is 1. The van der Waals surface area contributed by atoms with Crippen LogP contribution in [-0.4, -0.2) is 50.2 Å². The molecule has 2 rings (SSSR count). The van der Waals surface area contributed by atoms with Crippen LogP contribution in [0.25, 0.3) is 0 Å². The number of carbonyl (C=O) groups is 2. The number of amides is 2. The van der Waals surface area contributed by atoms with Crippen LogP contribution in [0.1, 0.15) is 33.1 Å². The molecular formula is C14H24N2O5. The summed E-state index contributed by atoms with van der Waals surface area (Å²) in [7, 11) is 1.50. The average Bonchev–Trinajstić information content (AvgIpc) is 2.45. The Morgan fingerprint density at radius 3 is 2.71 bits per heavy atom. The van der Waals surface area contributed by atoms with E-state index in [4.69, 9.17) is 14.2 Å². The summed E-state index contributed by atoms with van der Waals surface area (Å²) in [6.07, 6.45) is 1.55. The van der Waals surface area contributed by atoms with E-state index in [-0.39, 0.29) is 30.3 Å². The summed E-state index contributed by atoms with van der Waals surface area (Å²) >= 11 is 0. The summed E-state index contributed by atoms with van der Waals surface area (Å²) in [5.41, 5.74) is 0. The number of alkyl carbamates (subject to hydrolysis) is 1. The van der Waals surface area contributed by atoms with Gasteiger partial charge in [0.1, 0.15) is 6.10 Å². The summed E-state index contributed by atoms with van der Waals surface area (Å²) in [6.45, 7) is 4.32. The second-order valence-corrected chi connectivity index (χ2v) is 5.56. The van der Waals surface area contributed by atoms with Gasteiger partial charge in [0, 0.05) is 13.7 Å². The van der Waals surface area contributed by atoms with Crippen LogP contribution in [0.4, 0.5) is 4.79 Å². The number of rotatable bonds is 5. The summed E-state index contributed by atoms with van der Waals surface area (Å²) in [4.78, 5) is 23.0. The largest absolute Gasteiger partial charge is 0.444 e. The predicted octanol–water partition coefficient (Wildman–Crippen LogP) is 0.777. The zero-order valence-corrected chi connectivity index (χ0v) is 12.8. The molecule has 1 unspecified atom stereocenters. The topological polar surface area (TPSA) is 85.9 Å². The first-order chi connectivity index (χ1) is 10.0. The Bertz CT molecular complexity index is 384. The van der Waals surface area contributed by atoms with Gasteiger partial charge in [-0.25, -0.2) is 4.79 Å². The van der Waals surface area contributed by atoms with Gasteiger partial charge < -0.3 is 24.8 Å². The fourth-order valence-electron chi connectivity index (χ4n) is 2.78. The Balaban J connectivity index is 1.87. The lowest BCUT2D eigenvalue weighted by molar-refractivity contribution is -0.205. The van der Waals surface area contributed by atoms with Crippen LogP contribution in [0.2, 0.25) is 0 Å². The highest BCUT2D eigenvalue weighted by Crippen LogP contribution is 2.27. The molecule has 5 atom stereocenters. The number of ether oxygens (including phenoxy) is 3. The third-order valence-electron chi connectivity index (χ3n) is 4.01. The summed E-state index contributed by atoms with van der Waals surface area (Å²) in [5.74, 6) is -0.397. The Kier molecular flexibility index (Phi) is 5.41. The smallest absolute Gasteiger partial charge is 0.407 e. The van der Waals surface area contributed by atoms with Crippen LogP contribution in [0.3, 0.4) is 0 Å². The lowest BCUT2D eigenvalue weighted by Crippen LogP contribution is -2.67. The molecule has 0 aromatic carbocycles. The maximum atomic E-state index is 11.8. The van der Waals surface area contributed by atoms with E-state index in [0.717, 1.165) is 19.3 Å². The first-order valence-corrected chi connectivity index (χ1v) is 7.48. The molecular weight excluding hydrogens is 276 g/mol. The van der Waals surface area contributed by atoms with Crippen molar-refractivity contribution in [1.82, 2.24) is 10.6 Å². The van der Waals surface area contributed by atoms with E-state index < -0.39 is 12.2 Å². The van der Waals surface area contributed by atoms with E-state index in [1.54, 1.807) is 6.92 Å². The van der Waals surface area contributed by atoms with Crippen LogP contribution in [0.5, 0.6) is 0 Å². The van der Waals surface area contributed by atoms with Gasteiger partial charge in [-0.2, -0.15) is 0 Å². The molecule has 120 valence electrons. The molecule has 0 aromatic rings. The Morgan fingerprint density at radius 2 is 2.14 bits per heavy atom. The second-order valence-electron chi connectivity index (χ2n) is 5.56. The van der Waals surface area contributed by atoms with Crippen molar-refractivity contribution in [2.24, 2.45) is 5.92 Å². The minimum absolute atomic E-state index is 0.0735. The third kappa shape index (κ3) is 3.85. The highest BCUT2D eigenvalue weighted by Gasteiger charge is 2.48. The minimum Gasteiger partial charge on any atom is -0.444 e. The Labute approximate surface area is 124 Å². The van der Waals surface area contributed by atoms with Crippen LogP contribution in [0, 0.1) is 5.92 Å². The molecule has 0 aromatic heterocycles. The van der Waals surface area contributed by atoms with Crippen molar-refractivity contribution in [3.63, 3.8) is 0 Å². The molecule has 2 aliphatic heterocycles. The lowest BCUT2D eigenvalue weighted by atomic mass is 9.83. The molecule has 2 saturated heterocycles. The standard InChI is InChI=1S/C14H24N2O5/c1-8(20-10-6-4-5-7-19-10)11-12(16-13(11)17)9(2)21-14(18)15-3/h8-12H,4-7H2,1-3H3,(H,15,18)(H,16,17)/t8-,9+,10?,11-,12-/m1/s1. The van der Waals surface area contributed by atoms with E-state index >= 15 is 0 Å². The zero-order valence-electron chi connectivity index (χ0n) is 12.8. The van der Waals surface area contributed by atoms with E-state index in [0.29, 0.717) is 6.61 Å². The molecule has 21 heavy (non-hydrogen) atoms. The molecule has 0 bridgehead atoms. The lowest BCUT2D eigenvalue weighted by Gasteiger charge is -2.43. The monoisotopic (exact) mass is 300 g/mol. The van der Waals surface area contributed by atoms with Crippen molar-refractivity contribution in [2.75, 3.05) is 13.7 Å². The third-order valence-corrected chi connectivity index (χ3v) is 4.01. The fraction of sp³-hybridized carbons (Fsp3) is 0.857. The highest BCUT2D eigenvalue weighted by atomic mass is 16.7. The number of hydrogen-bond donors (Lipinski definition) is 2.